The summed E-state index contributed by atoms with van der Waals surface area (Å²) >= 11 is 5.73. The first-order valence-electron chi connectivity index (χ1n) is 8.54. The average Bonchev–Trinajstić information content (AvgIpc) is 2.93. The Balaban J connectivity index is 0.000000278. The van der Waals surface area contributed by atoms with Crippen molar-refractivity contribution in [2.75, 3.05) is 5.73 Å². The Morgan fingerprint density at radius 3 is 2.17 bits per heavy atom. The molecule has 2 aromatic carbocycles. The van der Waals surface area contributed by atoms with E-state index in [1.165, 1.54) is 35.8 Å². The van der Waals surface area contributed by atoms with Gasteiger partial charge in [0, 0.05) is 22.1 Å². The molecule has 0 aliphatic rings. The Hall–Kier alpha value is -2.93. The quantitative estimate of drug-likeness (QED) is 0.492. The molecule has 0 aliphatic carbocycles. The molecule has 1 aromatic heterocycles. The smallest absolute Gasteiger partial charge is 0.418 e. The number of para-hydroxylation sites is 1. The Kier molecular flexibility index (Phi) is 6.64. The number of rotatable bonds is 2. The predicted molar refractivity (Wildman–Crippen MR) is 108 cm³/mol. The van der Waals surface area contributed by atoms with E-state index in [0.29, 0.717) is 11.4 Å². The van der Waals surface area contributed by atoms with Crippen LogP contribution in [0.5, 0.6) is 0 Å². The van der Waals surface area contributed by atoms with E-state index in [9.17, 15) is 18.0 Å². The average molecular weight is 425 g/mol. The van der Waals surface area contributed by atoms with Crippen LogP contribution >= 0.6 is 11.6 Å². The fraction of sp³-hybridized carbons (Fsp3) is 0.190. The van der Waals surface area contributed by atoms with Crippen molar-refractivity contribution in [2.24, 2.45) is 0 Å². The summed E-state index contributed by atoms with van der Waals surface area (Å²) in [7, 11) is 0. The number of alkyl halides is 3. The van der Waals surface area contributed by atoms with Crippen LogP contribution in [0.4, 0.5) is 18.9 Å². The number of halogens is 4. The number of hydrogen-bond donors (Lipinski definition) is 2. The number of carbonyl (C=O) groups is 1. The van der Waals surface area contributed by atoms with Crippen LogP contribution in [0.3, 0.4) is 0 Å². The number of carboxylic acids is 1. The molecule has 3 rings (SSSR count). The number of aromatic nitrogens is 1. The molecule has 0 atom stereocenters. The number of aryl methyl sites for hydroxylation is 2. The van der Waals surface area contributed by atoms with Crippen molar-refractivity contribution >= 4 is 23.3 Å². The van der Waals surface area contributed by atoms with E-state index >= 15 is 0 Å². The predicted octanol–water partition coefficient (Wildman–Crippen LogP) is 6.04. The minimum absolute atomic E-state index is 0.000484. The van der Waals surface area contributed by atoms with Crippen molar-refractivity contribution in [3.05, 3.63) is 81.6 Å². The maximum absolute atomic E-state index is 13.0. The summed E-state index contributed by atoms with van der Waals surface area (Å²) in [5, 5.41) is 9.78. The van der Waals surface area contributed by atoms with Gasteiger partial charge in [-0.15, -0.1) is 0 Å². The van der Waals surface area contributed by atoms with Crippen LogP contribution in [-0.2, 0) is 6.18 Å². The Bertz CT molecular complexity index is 1040. The van der Waals surface area contributed by atoms with Gasteiger partial charge >= 0.3 is 12.1 Å². The largest absolute Gasteiger partial charge is 0.478 e. The topological polar surface area (TPSA) is 68.2 Å². The van der Waals surface area contributed by atoms with Crippen LogP contribution in [0.15, 0.2) is 48.5 Å². The highest BCUT2D eigenvalue weighted by atomic mass is 35.5. The van der Waals surface area contributed by atoms with E-state index in [-0.39, 0.29) is 16.9 Å². The lowest BCUT2D eigenvalue weighted by Crippen LogP contribution is -2.12. The molecule has 0 radical (unpaired) electrons. The molecule has 0 unspecified atom stereocenters. The highest BCUT2D eigenvalue weighted by molar-refractivity contribution is 6.31. The monoisotopic (exact) mass is 424 g/mol. The van der Waals surface area contributed by atoms with Crippen molar-refractivity contribution in [1.29, 1.82) is 0 Å². The number of anilines is 1. The number of benzene rings is 2. The third kappa shape index (κ3) is 5.12. The van der Waals surface area contributed by atoms with Crippen molar-refractivity contribution in [1.82, 2.24) is 4.57 Å². The number of carboxylic acid groups (broad SMARTS) is 1. The molecule has 4 nitrogen and oxygen atoms in total. The molecule has 0 aliphatic heterocycles. The molecule has 3 N–H and O–H groups in total. The van der Waals surface area contributed by atoms with E-state index in [1.54, 1.807) is 13.0 Å². The van der Waals surface area contributed by atoms with E-state index in [1.807, 2.05) is 19.1 Å². The second kappa shape index (κ2) is 8.61. The highest BCUT2D eigenvalue weighted by Gasteiger charge is 2.34. The van der Waals surface area contributed by atoms with E-state index in [2.05, 4.69) is 0 Å². The summed E-state index contributed by atoms with van der Waals surface area (Å²) < 4.78 is 40.4. The van der Waals surface area contributed by atoms with Gasteiger partial charge in [-0.05, 0) is 56.7 Å². The fourth-order valence-electron chi connectivity index (χ4n) is 2.87. The number of nitrogens with two attached hydrogens (primary N) is 1. The molecule has 8 heteroatoms. The Morgan fingerprint density at radius 2 is 1.69 bits per heavy atom. The van der Waals surface area contributed by atoms with Crippen LogP contribution in [0.1, 0.15) is 32.9 Å². The van der Waals surface area contributed by atoms with Gasteiger partial charge in [0.15, 0.2) is 0 Å². The summed E-state index contributed by atoms with van der Waals surface area (Å²) in [5.41, 5.74) is 7.07. The zero-order valence-electron chi connectivity index (χ0n) is 16.0. The maximum atomic E-state index is 13.0. The summed E-state index contributed by atoms with van der Waals surface area (Å²) in [6.07, 6.45) is -4.50. The second-order valence-electron chi connectivity index (χ2n) is 6.45. The van der Waals surface area contributed by atoms with Crippen LogP contribution < -0.4 is 5.73 Å². The van der Waals surface area contributed by atoms with Crippen LogP contribution in [-0.4, -0.2) is 15.6 Å². The summed E-state index contributed by atoms with van der Waals surface area (Å²) in [6, 6.07) is 12.0. The molecule has 0 spiro atoms. The molecule has 0 saturated carbocycles. The van der Waals surface area contributed by atoms with E-state index < -0.39 is 17.7 Å². The highest BCUT2D eigenvalue weighted by Crippen LogP contribution is 2.35. The van der Waals surface area contributed by atoms with Gasteiger partial charge in [0.1, 0.15) is 0 Å². The Labute approximate surface area is 171 Å². The zero-order chi connectivity index (χ0) is 21.9. The molecule has 29 heavy (non-hydrogen) atoms. The molecular formula is C21H20ClF3N2O2. The lowest BCUT2D eigenvalue weighted by molar-refractivity contribution is -0.137. The van der Waals surface area contributed by atoms with Crippen molar-refractivity contribution in [3.8, 4) is 5.69 Å². The first kappa shape index (κ1) is 22.4. The first-order chi connectivity index (χ1) is 13.4. The summed E-state index contributed by atoms with van der Waals surface area (Å²) in [6.45, 7) is 5.01. The van der Waals surface area contributed by atoms with Gasteiger partial charge in [0.2, 0.25) is 0 Å². The molecule has 0 amide bonds. The van der Waals surface area contributed by atoms with Gasteiger partial charge in [0.25, 0.3) is 0 Å². The minimum Gasteiger partial charge on any atom is -0.478 e. The lowest BCUT2D eigenvalue weighted by Gasteiger charge is -2.16. The molecule has 1 heterocycles. The standard InChI is InChI=1S/C14H12F3NO2.C7H8ClN/c1-8-7-10(13(19)20)9(2)18(8)12-6-4-3-5-11(12)14(15,16)17;1-5-2-3-6(9)4-7(5)8/h3-7H,1-2H3,(H,19,20);2-4H,9H2,1H3. The first-order valence-corrected chi connectivity index (χ1v) is 8.91. The van der Waals surface area contributed by atoms with Gasteiger partial charge in [-0.25, -0.2) is 4.79 Å². The number of aromatic carboxylic acids is 1. The van der Waals surface area contributed by atoms with Gasteiger partial charge in [0.05, 0.1) is 16.8 Å². The molecule has 0 bridgehead atoms. The molecule has 3 aromatic rings. The maximum Gasteiger partial charge on any atom is 0.418 e. The van der Waals surface area contributed by atoms with Crippen molar-refractivity contribution < 1.29 is 23.1 Å². The number of nitrogen functional groups attached to an aromatic ring is 1. The van der Waals surface area contributed by atoms with Crippen molar-refractivity contribution in [2.45, 2.75) is 26.9 Å². The molecule has 0 fully saturated rings. The fourth-order valence-corrected chi connectivity index (χ4v) is 3.06. The third-order valence-corrected chi connectivity index (χ3v) is 4.71. The van der Waals surface area contributed by atoms with Crippen LogP contribution in [0, 0.1) is 20.8 Å². The molecular weight excluding hydrogens is 405 g/mol. The zero-order valence-corrected chi connectivity index (χ0v) is 16.8. The van der Waals surface area contributed by atoms with Gasteiger partial charge in [-0.2, -0.15) is 13.2 Å². The van der Waals surface area contributed by atoms with Gasteiger partial charge in [-0.3, -0.25) is 0 Å². The normalized spacial score (nSPS) is 11.0. The molecule has 0 saturated heterocycles. The van der Waals surface area contributed by atoms with Crippen LogP contribution in [0.2, 0.25) is 5.02 Å². The SMILES string of the molecule is Cc1cc(C(=O)O)c(C)n1-c1ccccc1C(F)(F)F.Cc1ccc(N)cc1Cl. The third-order valence-electron chi connectivity index (χ3n) is 4.31. The van der Waals surface area contributed by atoms with Gasteiger partial charge < -0.3 is 15.4 Å². The van der Waals surface area contributed by atoms with E-state index in [0.717, 1.165) is 16.7 Å². The lowest BCUT2D eigenvalue weighted by atomic mass is 10.1. The van der Waals surface area contributed by atoms with Gasteiger partial charge in [-0.1, -0.05) is 29.8 Å². The summed E-state index contributed by atoms with van der Waals surface area (Å²) in [4.78, 5) is 11.1. The number of nitrogens with zero attached hydrogens (tertiary/aromatic N) is 1. The van der Waals surface area contributed by atoms with Crippen LogP contribution in [0.25, 0.3) is 5.69 Å². The van der Waals surface area contributed by atoms with Crippen molar-refractivity contribution in [3.63, 3.8) is 0 Å². The minimum atomic E-state index is -4.50. The summed E-state index contributed by atoms with van der Waals surface area (Å²) in [5.74, 6) is -1.16. The second-order valence-corrected chi connectivity index (χ2v) is 6.86. The Morgan fingerprint density at radius 1 is 1.07 bits per heavy atom. The van der Waals surface area contributed by atoms with E-state index in [4.69, 9.17) is 22.4 Å². The molecule has 154 valence electrons. The number of hydrogen-bond acceptors (Lipinski definition) is 2.